The van der Waals surface area contributed by atoms with Crippen LogP contribution in [-0.2, 0) is 28.7 Å². The normalized spacial score (nSPS) is 24.2. The summed E-state index contributed by atoms with van der Waals surface area (Å²) in [5.41, 5.74) is 3.33. The zero-order chi connectivity index (χ0) is 29.2. The van der Waals surface area contributed by atoms with Crippen LogP contribution in [0.1, 0.15) is 89.3 Å². The van der Waals surface area contributed by atoms with Gasteiger partial charge >= 0.3 is 0 Å². The molecule has 0 radical (unpaired) electrons. The van der Waals surface area contributed by atoms with E-state index in [9.17, 15) is 14.7 Å². The number of nitrogens with zero attached hydrogens (tertiary/aromatic N) is 4. The zero-order valence-corrected chi connectivity index (χ0v) is 24.0. The lowest BCUT2D eigenvalue weighted by Gasteiger charge is -2.38. The fraction of sp³-hybridized carbons (Fsp3) is 0.364. The lowest BCUT2D eigenvalue weighted by molar-refractivity contribution is -0.120. The molecule has 1 aromatic carbocycles. The van der Waals surface area contributed by atoms with Crippen molar-refractivity contribution in [3.8, 4) is 0 Å². The summed E-state index contributed by atoms with van der Waals surface area (Å²) in [5, 5.41) is 17.0. The average molecular weight is 563 g/mol. The summed E-state index contributed by atoms with van der Waals surface area (Å²) < 4.78 is 2.16. The molecule has 0 bridgehead atoms. The summed E-state index contributed by atoms with van der Waals surface area (Å²) in [4.78, 5) is 40.2. The molecule has 0 fully saturated rings. The highest BCUT2D eigenvalue weighted by atomic mass is 16.3. The van der Waals surface area contributed by atoms with E-state index in [2.05, 4.69) is 56.4 Å². The number of nitrogens with one attached hydrogen (secondary N) is 2. The van der Waals surface area contributed by atoms with Crippen LogP contribution >= 0.6 is 0 Å². The molecule has 9 nitrogen and oxygen atoms in total. The summed E-state index contributed by atoms with van der Waals surface area (Å²) in [7, 11) is 0. The Morgan fingerprint density at radius 3 is 2.71 bits per heavy atom. The van der Waals surface area contributed by atoms with Gasteiger partial charge in [-0.2, -0.15) is 0 Å². The number of fused-ring (bicyclic) bond motifs is 4. The van der Waals surface area contributed by atoms with Gasteiger partial charge in [0.25, 0.3) is 5.91 Å². The Kier molecular flexibility index (Phi) is 6.06. The number of benzene rings is 1. The average Bonchev–Trinajstić information content (AvgIpc) is 3.67. The number of carbonyl (C=O) groups is 2. The molecule has 214 valence electrons. The maximum absolute atomic E-state index is 13.4. The summed E-state index contributed by atoms with van der Waals surface area (Å²) >= 11 is 0. The minimum absolute atomic E-state index is 0.0386. The highest BCUT2D eigenvalue weighted by Gasteiger charge is 2.51. The third-order valence-corrected chi connectivity index (χ3v) is 9.36. The van der Waals surface area contributed by atoms with E-state index in [1.165, 1.54) is 5.56 Å². The van der Waals surface area contributed by atoms with E-state index in [1.807, 2.05) is 24.3 Å². The Bertz CT molecular complexity index is 1710. The lowest BCUT2D eigenvalue weighted by atomic mass is 9.80. The van der Waals surface area contributed by atoms with Crippen molar-refractivity contribution < 1.29 is 14.7 Å². The number of aliphatic hydroxyl groups is 1. The van der Waals surface area contributed by atoms with E-state index in [4.69, 9.17) is 4.98 Å². The first-order valence-electron chi connectivity index (χ1n) is 14.5. The van der Waals surface area contributed by atoms with Crippen molar-refractivity contribution in [3.63, 3.8) is 0 Å². The molecule has 3 N–H and O–H groups in total. The van der Waals surface area contributed by atoms with Crippen LogP contribution in [0.15, 0.2) is 67.1 Å². The number of imidazole rings is 1. The number of anilines is 1. The number of carbonyl (C=O) groups excluding carboxylic acids is 2. The van der Waals surface area contributed by atoms with Gasteiger partial charge in [-0.05, 0) is 56.9 Å². The molecule has 4 aromatic rings. The Morgan fingerprint density at radius 2 is 1.93 bits per heavy atom. The van der Waals surface area contributed by atoms with Gasteiger partial charge in [0, 0.05) is 54.5 Å². The fourth-order valence-corrected chi connectivity index (χ4v) is 7.19. The molecule has 5 heterocycles. The molecule has 2 aliphatic heterocycles. The first-order valence-corrected chi connectivity index (χ1v) is 14.5. The first-order chi connectivity index (χ1) is 20.2. The molecule has 3 aliphatic rings. The quantitative estimate of drug-likeness (QED) is 0.336. The second kappa shape index (κ2) is 9.59. The van der Waals surface area contributed by atoms with E-state index in [0.29, 0.717) is 30.8 Å². The van der Waals surface area contributed by atoms with Crippen molar-refractivity contribution in [1.82, 2.24) is 24.8 Å². The van der Waals surface area contributed by atoms with E-state index in [0.717, 1.165) is 34.8 Å². The fourth-order valence-electron chi connectivity index (χ4n) is 7.19. The van der Waals surface area contributed by atoms with Gasteiger partial charge in [0.1, 0.15) is 17.2 Å². The molecular weight excluding hydrogens is 528 g/mol. The molecule has 0 saturated carbocycles. The second-order valence-corrected chi connectivity index (χ2v) is 12.5. The van der Waals surface area contributed by atoms with Crippen LogP contribution in [0.3, 0.4) is 0 Å². The molecule has 0 saturated heterocycles. The lowest BCUT2D eigenvalue weighted by Crippen LogP contribution is -2.36. The molecule has 1 aliphatic carbocycles. The van der Waals surface area contributed by atoms with Gasteiger partial charge in [-0.25, -0.2) is 9.97 Å². The van der Waals surface area contributed by atoms with Gasteiger partial charge in [-0.1, -0.05) is 36.4 Å². The maximum Gasteiger partial charge on any atom is 0.252 e. The van der Waals surface area contributed by atoms with Gasteiger partial charge in [-0.15, -0.1) is 0 Å². The molecule has 1 spiro atoms. The third kappa shape index (κ3) is 4.14. The topological polar surface area (TPSA) is 122 Å². The maximum atomic E-state index is 13.4. The van der Waals surface area contributed by atoms with Crippen molar-refractivity contribution in [2.75, 3.05) is 11.9 Å². The Balaban J connectivity index is 1.13. The summed E-state index contributed by atoms with van der Waals surface area (Å²) in [5.74, 6) is 1.36. The molecule has 9 heteroatoms. The van der Waals surface area contributed by atoms with Crippen molar-refractivity contribution in [2.24, 2.45) is 0 Å². The van der Waals surface area contributed by atoms with Gasteiger partial charge in [0.2, 0.25) is 5.91 Å². The number of aromatic nitrogens is 4. The predicted octanol–water partition coefficient (Wildman–Crippen LogP) is 4.15. The number of pyridine rings is 2. The third-order valence-electron chi connectivity index (χ3n) is 9.36. The van der Waals surface area contributed by atoms with Gasteiger partial charge < -0.3 is 20.3 Å². The second-order valence-electron chi connectivity index (χ2n) is 12.5. The summed E-state index contributed by atoms with van der Waals surface area (Å²) in [6.07, 6.45) is 6.84. The molecule has 1 unspecified atom stereocenters. The van der Waals surface area contributed by atoms with Gasteiger partial charge in [0.05, 0.1) is 22.9 Å². The van der Waals surface area contributed by atoms with E-state index in [1.54, 1.807) is 32.4 Å². The van der Waals surface area contributed by atoms with E-state index >= 15 is 0 Å². The number of hydrogen-bond acceptors (Lipinski definition) is 6. The SMILES string of the molecule is C[C@@H]1[C@H](c2ccccc2)CC(CNC(=O)c2cnc3c(c2)C[C@@]2(C3)C(=O)Nc3ncccc32)c2ncc(C(C)(C)O)n21. The monoisotopic (exact) mass is 562 g/mol. The van der Waals surface area contributed by atoms with Crippen LogP contribution in [0.2, 0.25) is 0 Å². The highest BCUT2D eigenvalue weighted by molar-refractivity contribution is 6.06. The van der Waals surface area contributed by atoms with Crippen molar-refractivity contribution in [2.45, 2.75) is 68.9 Å². The standard InChI is InChI=1S/C33H34N6O3/c1-19-24(20-8-5-4-6-9-20)13-22(29-36-18-27(39(19)29)32(2,3)42)16-37-30(40)23-12-21-14-33(15-26(21)35-17-23)25-10-7-11-34-28(25)38-31(33)41/h4-12,17-19,22,24,42H,13-16H2,1-3H3,(H,37,40)(H,34,38,41)/t19-,22?,24-,33+/m1/s1. The Hall–Kier alpha value is -4.37. The van der Waals surface area contributed by atoms with Crippen LogP contribution < -0.4 is 10.6 Å². The summed E-state index contributed by atoms with van der Waals surface area (Å²) in [6.45, 7) is 6.14. The van der Waals surface area contributed by atoms with E-state index in [-0.39, 0.29) is 29.7 Å². The van der Waals surface area contributed by atoms with Gasteiger partial charge in [-0.3, -0.25) is 14.6 Å². The Morgan fingerprint density at radius 1 is 1.12 bits per heavy atom. The molecule has 2 amide bonds. The number of amides is 2. The largest absolute Gasteiger partial charge is 0.384 e. The van der Waals surface area contributed by atoms with Crippen LogP contribution in [0.25, 0.3) is 0 Å². The van der Waals surface area contributed by atoms with Crippen LogP contribution in [0.4, 0.5) is 5.82 Å². The molecular formula is C33H34N6O3. The molecule has 42 heavy (non-hydrogen) atoms. The molecule has 3 aromatic heterocycles. The van der Waals surface area contributed by atoms with Crippen LogP contribution in [0.5, 0.6) is 0 Å². The molecule has 4 atom stereocenters. The van der Waals surface area contributed by atoms with Crippen molar-refractivity contribution in [3.05, 3.63) is 107 Å². The first kappa shape index (κ1) is 26.5. The van der Waals surface area contributed by atoms with Gasteiger partial charge in [0.15, 0.2) is 0 Å². The minimum Gasteiger partial charge on any atom is -0.384 e. The highest BCUT2D eigenvalue weighted by Crippen LogP contribution is 2.47. The van der Waals surface area contributed by atoms with Crippen molar-refractivity contribution >= 4 is 17.6 Å². The number of hydrogen-bond donors (Lipinski definition) is 3. The van der Waals surface area contributed by atoms with Crippen LogP contribution in [0, 0.1) is 0 Å². The smallest absolute Gasteiger partial charge is 0.252 e. The number of rotatable bonds is 5. The molecule has 7 rings (SSSR count). The predicted molar refractivity (Wildman–Crippen MR) is 157 cm³/mol. The van der Waals surface area contributed by atoms with E-state index < -0.39 is 11.0 Å². The summed E-state index contributed by atoms with van der Waals surface area (Å²) in [6, 6.07) is 16.2. The zero-order valence-electron chi connectivity index (χ0n) is 24.0. The minimum atomic E-state index is -1.05. The van der Waals surface area contributed by atoms with Crippen molar-refractivity contribution in [1.29, 1.82) is 0 Å². The Labute approximate surface area is 244 Å². The van der Waals surface area contributed by atoms with Crippen LogP contribution in [-0.4, -0.2) is 43.0 Å².